The summed E-state index contributed by atoms with van der Waals surface area (Å²) in [7, 11) is 0. The minimum absolute atomic E-state index is 0.290. The molecule has 0 bridgehead atoms. The summed E-state index contributed by atoms with van der Waals surface area (Å²) >= 11 is 0. The molecule has 3 heterocycles. The van der Waals surface area contributed by atoms with Crippen LogP contribution in [-0.4, -0.2) is 23.0 Å². The van der Waals surface area contributed by atoms with E-state index in [1.807, 2.05) is 18.3 Å². The highest BCUT2D eigenvalue weighted by Crippen LogP contribution is 2.22. The predicted molar refractivity (Wildman–Crippen MR) is 90.4 cm³/mol. The van der Waals surface area contributed by atoms with Crippen LogP contribution in [0, 0.1) is 5.92 Å². The van der Waals surface area contributed by atoms with Gasteiger partial charge >= 0.3 is 0 Å². The highest BCUT2D eigenvalue weighted by atomic mass is 16.3. The molecular formula is C18H26N4O. The van der Waals surface area contributed by atoms with Crippen LogP contribution in [0.4, 0.5) is 0 Å². The van der Waals surface area contributed by atoms with Gasteiger partial charge < -0.3 is 4.42 Å². The van der Waals surface area contributed by atoms with Gasteiger partial charge in [-0.25, -0.2) is 5.43 Å². The molecule has 1 saturated heterocycles. The molecule has 5 heteroatoms. The second kappa shape index (κ2) is 7.73. The normalized spacial score (nSPS) is 18.2. The first-order valence-electron chi connectivity index (χ1n) is 8.40. The molecule has 0 spiro atoms. The van der Waals surface area contributed by atoms with E-state index in [1.165, 1.54) is 0 Å². The Morgan fingerprint density at radius 1 is 1.26 bits per heavy atom. The van der Waals surface area contributed by atoms with Crippen LogP contribution in [0.5, 0.6) is 0 Å². The topological polar surface area (TPSA) is 53.3 Å². The lowest BCUT2D eigenvalue weighted by Crippen LogP contribution is -2.27. The number of hydrogen-bond donors (Lipinski definition) is 2. The number of hydrazine groups is 1. The van der Waals surface area contributed by atoms with Crippen molar-refractivity contribution in [3.8, 4) is 0 Å². The number of nitrogens with one attached hydrogen (secondary N) is 2. The van der Waals surface area contributed by atoms with Crippen molar-refractivity contribution in [3.05, 3.63) is 53.7 Å². The van der Waals surface area contributed by atoms with Gasteiger partial charge in [0.1, 0.15) is 11.5 Å². The second-order valence-electron chi connectivity index (χ2n) is 6.60. The minimum Gasteiger partial charge on any atom is -0.463 e. The molecule has 1 aliphatic rings. The SMILES string of the molecule is CC(C)CN(Cc1ccccn1)Cc1ccc(C2CCNN2)o1. The molecule has 1 fully saturated rings. The highest BCUT2D eigenvalue weighted by molar-refractivity contribution is 5.12. The van der Waals surface area contributed by atoms with Gasteiger partial charge in [0.15, 0.2) is 0 Å². The minimum atomic E-state index is 0.290. The molecule has 0 aliphatic carbocycles. The molecule has 2 N–H and O–H groups in total. The van der Waals surface area contributed by atoms with E-state index in [0.717, 1.165) is 49.8 Å². The molecule has 1 atom stereocenters. The van der Waals surface area contributed by atoms with Crippen molar-refractivity contribution in [2.75, 3.05) is 13.1 Å². The van der Waals surface area contributed by atoms with Gasteiger partial charge in [0.05, 0.1) is 18.3 Å². The molecule has 0 radical (unpaired) electrons. The van der Waals surface area contributed by atoms with Crippen molar-refractivity contribution in [1.82, 2.24) is 20.7 Å². The first-order valence-corrected chi connectivity index (χ1v) is 8.40. The largest absolute Gasteiger partial charge is 0.463 e. The monoisotopic (exact) mass is 314 g/mol. The summed E-state index contributed by atoms with van der Waals surface area (Å²) in [6.07, 6.45) is 2.92. The summed E-state index contributed by atoms with van der Waals surface area (Å²) < 4.78 is 6.05. The average molecular weight is 314 g/mol. The molecule has 1 aliphatic heterocycles. The number of hydrogen-bond acceptors (Lipinski definition) is 5. The van der Waals surface area contributed by atoms with Crippen molar-refractivity contribution in [3.63, 3.8) is 0 Å². The van der Waals surface area contributed by atoms with E-state index >= 15 is 0 Å². The van der Waals surface area contributed by atoms with Gasteiger partial charge in [-0.3, -0.25) is 15.3 Å². The molecule has 1 unspecified atom stereocenters. The van der Waals surface area contributed by atoms with Crippen molar-refractivity contribution >= 4 is 0 Å². The summed E-state index contributed by atoms with van der Waals surface area (Å²) in [6, 6.07) is 10.6. The molecule has 2 aromatic heterocycles. The number of rotatable bonds is 7. The third kappa shape index (κ3) is 4.64. The Labute approximate surface area is 138 Å². The Bertz CT molecular complexity index is 590. The maximum Gasteiger partial charge on any atom is 0.122 e. The second-order valence-corrected chi connectivity index (χ2v) is 6.60. The Hall–Kier alpha value is -1.69. The summed E-state index contributed by atoms with van der Waals surface area (Å²) in [5.41, 5.74) is 7.49. The Kier molecular flexibility index (Phi) is 5.43. The zero-order valence-corrected chi connectivity index (χ0v) is 14.0. The van der Waals surface area contributed by atoms with Crippen molar-refractivity contribution < 1.29 is 4.42 Å². The molecular weight excluding hydrogens is 288 g/mol. The lowest BCUT2D eigenvalue weighted by Gasteiger charge is -2.23. The van der Waals surface area contributed by atoms with Crippen LogP contribution in [-0.2, 0) is 13.1 Å². The molecule has 0 amide bonds. The molecule has 2 aromatic rings. The number of pyridine rings is 1. The van der Waals surface area contributed by atoms with Crippen molar-refractivity contribution in [2.45, 2.75) is 39.4 Å². The Balaban J connectivity index is 1.65. The van der Waals surface area contributed by atoms with Gasteiger partial charge in [-0.2, -0.15) is 0 Å². The van der Waals surface area contributed by atoms with Gasteiger partial charge in [0.25, 0.3) is 0 Å². The summed E-state index contributed by atoms with van der Waals surface area (Å²) in [4.78, 5) is 6.84. The van der Waals surface area contributed by atoms with E-state index < -0.39 is 0 Å². The third-order valence-electron chi connectivity index (χ3n) is 3.97. The Morgan fingerprint density at radius 2 is 2.17 bits per heavy atom. The standard InChI is InChI=1S/C18H26N4O/c1-14(2)11-22(12-15-5-3-4-9-19-15)13-16-6-7-18(23-16)17-8-10-20-21-17/h3-7,9,14,17,20-21H,8,10-13H2,1-2H3. The van der Waals surface area contributed by atoms with Crippen LogP contribution in [0.15, 0.2) is 40.9 Å². The Morgan fingerprint density at radius 3 is 2.87 bits per heavy atom. The molecule has 124 valence electrons. The number of nitrogens with zero attached hydrogens (tertiary/aromatic N) is 2. The van der Waals surface area contributed by atoms with Crippen LogP contribution < -0.4 is 10.9 Å². The molecule has 3 rings (SSSR count). The zero-order chi connectivity index (χ0) is 16.1. The fourth-order valence-corrected chi connectivity index (χ4v) is 3.01. The number of furan rings is 1. The highest BCUT2D eigenvalue weighted by Gasteiger charge is 2.20. The van der Waals surface area contributed by atoms with E-state index in [2.05, 4.69) is 52.8 Å². The quantitative estimate of drug-likeness (QED) is 0.823. The average Bonchev–Trinajstić information content (AvgIpc) is 3.18. The van der Waals surface area contributed by atoms with Crippen LogP contribution in [0.1, 0.15) is 43.5 Å². The maximum absolute atomic E-state index is 6.05. The molecule has 0 saturated carbocycles. The van der Waals surface area contributed by atoms with E-state index in [9.17, 15) is 0 Å². The predicted octanol–water partition coefficient (Wildman–Crippen LogP) is 2.87. The summed E-state index contributed by atoms with van der Waals surface area (Å²) in [5.74, 6) is 2.64. The van der Waals surface area contributed by atoms with Crippen LogP contribution >= 0.6 is 0 Å². The lowest BCUT2D eigenvalue weighted by atomic mass is 10.2. The summed E-state index contributed by atoms with van der Waals surface area (Å²) in [6.45, 7) is 8.16. The molecule has 0 aromatic carbocycles. The first-order chi connectivity index (χ1) is 11.2. The smallest absolute Gasteiger partial charge is 0.122 e. The fourth-order valence-electron chi connectivity index (χ4n) is 3.01. The van der Waals surface area contributed by atoms with Gasteiger partial charge in [-0.05, 0) is 36.6 Å². The van der Waals surface area contributed by atoms with E-state index in [-0.39, 0.29) is 6.04 Å². The van der Waals surface area contributed by atoms with E-state index in [1.54, 1.807) is 0 Å². The van der Waals surface area contributed by atoms with Gasteiger partial charge in [-0.1, -0.05) is 19.9 Å². The van der Waals surface area contributed by atoms with Crippen molar-refractivity contribution in [2.24, 2.45) is 5.92 Å². The third-order valence-corrected chi connectivity index (χ3v) is 3.97. The van der Waals surface area contributed by atoms with Crippen molar-refractivity contribution in [1.29, 1.82) is 0 Å². The van der Waals surface area contributed by atoms with Crippen LogP contribution in [0.2, 0.25) is 0 Å². The van der Waals surface area contributed by atoms with Gasteiger partial charge in [-0.15, -0.1) is 0 Å². The summed E-state index contributed by atoms with van der Waals surface area (Å²) in [5, 5.41) is 0. The molecule has 5 nitrogen and oxygen atoms in total. The maximum atomic E-state index is 6.05. The van der Waals surface area contributed by atoms with E-state index in [0.29, 0.717) is 5.92 Å². The zero-order valence-electron chi connectivity index (χ0n) is 14.0. The van der Waals surface area contributed by atoms with Gasteiger partial charge in [0, 0.05) is 25.8 Å². The molecule has 23 heavy (non-hydrogen) atoms. The van der Waals surface area contributed by atoms with E-state index in [4.69, 9.17) is 4.42 Å². The first kappa shape index (κ1) is 16.2. The lowest BCUT2D eigenvalue weighted by molar-refractivity contribution is 0.205. The number of aromatic nitrogens is 1. The fraction of sp³-hybridized carbons (Fsp3) is 0.500. The van der Waals surface area contributed by atoms with Gasteiger partial charge in [0.2, 0.25) is 0 Å². The van der Waals surface area contributed by atoms with Crippen LogP contribution in [0.3, 0.4) is 0 Å². The van der Waals surface area contributed by atoms with Crippen LogP contribution in [0.25, 0.3) is 0 Å².